The lowest BCUT2D eigenvalue weighted by Gasteiger charge is -2.17. The molecule has 0 fully saturated rings. The molecule has 20 heavy (non-hydrogen) atoms. The lowest BCUT2D eigenvalue weighted by molar-refractivity contribution is 0.134. The highest BCUT2D eigenvalue weighted by atomic mass is 35.5. The van der Waals surface area contributed by atoms with Crippen molar-refractivity contribution >= 4 is 11.6 Å². The average molecular weight is 287 g/mol. The van der Waals surface area contributed by atoms with Gasteiger partial charge < -0.3 is 9.47 Å². The van der Waals surface area contributed by atoms with E-state index in [1.54, 1.807) is 0 Å². The van der Waals surface area contributed by atoms with Crippen LogP contribution in [0, 0.1) is 0 Å². The molecule has 2 unspecified atom stereocenters. The molecule has 2 nitrogen and oxygen atoms in total. The predicted octanol–water partition coefficient (Wildman–Crippen LogP) is 4.17. The van der Waals surface area contributed by atoms with E-state index >= 15 is 0 Å². The largest absolute Gasteiger partial charge is 0.493 e. The van der Waals surface area contributed by atoms with Crippen LogP contribution in [0.25, 0.3) is 0 Å². The summed E-state index contributed by atoms with van der Waals surface area (Å²) >= 11 is 6.72. The van der Waals surface area contributed by atoms with Gasteiger partial charge >= 0.3 is 0 Å². The predicted molar refractivity (Wildman–Crippen MR) is 78.2 cm³/mol. The molecule has 2 aliphatic heterocycles. The summed E-state index contributed by atoms with van der Waals surface area (Å²) in [6.07, 6.45) is 0. The van der Waals surface area contributed by atoms with Crippen LogP contribution >= 0.6 is 11.6 Å². The lowest BCUT2D eigenvalue weighted by atomic mass is 9.92. The van der Waals surface area contributed by atoms with Gasteiger partial charge in [-0.05, 0) is 22.8 Å². The van der Waals surface area contributed by atoms with Crippen LogP contribution in [0.1, 0.15) is 33.5 Å². The smallest absolute Gasteiger partial charge is 0.122 e. The summed E-state index contributed by atoms with van der Waals surface area (Å²) in [5.41, 5.74) is 4.91. The van der Waals surface area contributed by atoms with Crippen molar-refractivity contribution in [1.82, 2.24) is 0 Å². The Morgan fingerprint density at radius 2 is 1.90 bits per heavy atom. The zero-order chi connectivity index (χ0) is 13.5. The summed E-state index contributed by atoms with van der Waals surface area (Å²) in [7, 11) is 0. The highest BCUT2D eigenvalue weighted by molar-refractivity contribution is 6.21. The van der Waals surface area contributed by atoms with Crippen molar-refractivity contribution in [3.8, 4) is 5.75 Å². The Bertz CT molecular complexity index is 653. The van der Waals surface area contributed by atoms with Crippen LogP contribution in [-0.2, 0) is 18.0 Å². The van der Waals surface area contributed by atoms with Crippen LogP contribution in [0.15, 0.2) is 42.5 Å². The first-order valence-electron chi connectivity index (χ1n) is 6.88. The van der Waals surface area contributed by atoms with Crippen LogP contribution in [0.4, 0.5) is 0 Å². The molecule has 0 aromatic heterocycles. The highest BCUT2D eigenvalue weighted by Crippen LogP contribution is 2.44. The van der Waals surface area contributed by atoms with E-state index in [1.807, 2.05) is 18.2 Å². The summed E-state index contributed by atoms with van der Waals surface area (Å²) in [4.78, 5) is 0. The Morgan fingerprint density at radius 1 is 1.05 bits per heavy atom. The first kappa shape index (κ1) is 12.2. The van der Waals surface area contributed by atoms with Crippen molar-refractivity contribution < 1.29 is 9.47 Å². The van der Waals surface area contributed by atoms with Gasteiger partial charge in [0.05, 0.1) is 25.2 Å². The Balaban J connectivity index is 1.67. The lowest BCUT2D eigenvalue weighted by Crippen LogP contribution is -2.08. The molecular formula is C17H15ClO2. The fraction of sp³-hybridized carbons (Fsp3) is 0.294. The van der Waals surface area contributed by atoms with E-state index in [1.165, 1.54) is 16.7 Å². The standard InChI is InChI=1S/C17H15ClO2/c18-17(11-5-6-12-8-19-9-13(12)7-11)15-10-20-16-4-2-1-3-14(15)16/h1-7,15,17H,8-10H2. The number of hydrogen-bond donors (Lipinski definition) is 0. The van der Waals surface area contributed by atoms with Gasteiger partial charge in [0, 0.05) is 11.5 Å². The first-order valence-corrected chi connectivity index (χ1v) is 7.32. The van der Waals surface area contributed by atoms with Gasteiger partial charge in [0.1, 0.15) is 5.75 Å². The minimum absolute atomic E-state index is 0.0652. The Morgan fingerprint density at radius 3 is 2.85 bits per heavy atom. The van der Waals surface area contributed by atoms with Crippen molar-refractivity contribution in [3.05, 3.63) is 64.7 Å². The number of alkyl halides is 1. The Kier molecular flexibility index (Phi) is 2.94. The molecule has 0 saturated heterocycles. The molecule has 2 aromatic rings. The number of fused-ring (bicyclic) bond motifs is 2. The van der Waals surface area contributed by atoms with Crippen LogP contribution in [0.5, 0.6) is 5.75 Å². The molecule has 4 rings (SSSR count). The molecule has 0 amide bonds. The molecular weight excluding hydrogens is 272 g/mol. The van der Waals surface area contributed by atoms with Gasteiger partial charge in [-0.15, -0.1) is 11.6 Å². The van der Waals surface area contributed by atoms with Gasteiger partial charge in [-0.25, -0.2) is 0 Å². The van der Waals surface area contributed by atoms with E-state index in [-0.39, 0.29) is 11.3 Å². The molecule has 3 heteroatoms. The molecule has 0 aliphatic carbocycles. The van der Waals surface area contributed by atoms with E-state index < -0.39 is 0 Å². The molecule has 2 heterocycles. The summed E-state index contributed by atoms with van der Waals surface area (Å²) in [5, 5.41) is -0.0652. The number of ether oxygens (including phenoxy) is 2. The third-order valence-electron chi connectivity index (χ3n) is 4.15. The van der Waals surface area contributed by atoms with Crippen molar-refractivity contribution in [2.24, 2.45) is 0 Å². The quantitative estimate of drug-likeness (QED) is 0.771. The maximum absolute atomic E-state index is 6.72. The van der Waals surface area contributed by atoms with Gasteiger partial charge in [0.25, 0.3) is 0 Å². The minimum Gasteiger partial charge on any atom is -0.493 e. The molecule has 0 saturated carbocycles. The zero-order valence-corrected chi connectivity index (χ0v) is 11.8. The van der Waals surface area contributed by atoms with Crippen molar-refractivity contribution in [3.63, 3.8) is 0 Å². The fourth-order valence-corrected chi connectivity index (χ4v) is 3.37. The molecule has 102 valence electrons. The normalized spacial score (nSPS) is 21.1. The second kappa shape index (κ2) is 4.80. The monoisotopic (exact) mass is 286 g/mol. The number of rotatable bonds is 2. The molecule has 2 atom stereocenters. The summed E-state index contributed by atoms with van der Waals surface area (Å²) < 4.78 is 11.2. The van der Waals surface area contributed by atoms with Crippen molar-refractivity contribution in [1.29, 1.82) is 0 Å². The van der Waals surface area contributed by atoms with Gasteiger partial charge in [0.15, 0.2) is 0 Å². The Labute approximate surface area is 123 Å². The summed E-state index contributed by atoms with van der Waals surface area (Å²) in [6, 6.07) is 14.6. The van der Waals surface area contributed by atoms with Gasteiger partial charge in [-0.3, -0.25) is 0 Å². The van der Waals surface area contributed by atoms with Crippen LogP contribution in [0.2, 0.25) is 0 Å². The molecule has 0 radical (unpaired) electrons. The first-order chi connectivity index (χ1) is 9.83. The van der Waals surface area contributed by atoms with E-state index in [4.69, 9.17) is 21.1 Å². The summed E-state index contributed by atoms with van der Waals surface area (Å²) in [6.45, 7) is 2.07. The molecule has 2 aromatic carbocycles. The SMILES string of the molecule is ClC(c1ccc2c(c1)COC2)C1COc2ccccc21. The zero-order valence-electron chi connectivity index (χ0n) is 11.0. The highest BCUT2D eigenvalue weighted by Gasteiger charge is 2.31. The third kappa shape index (κ3) is 1.91. The average Bonchev–Trinajstić information content (AvgIpc) is 3.12. The molecule has 0 spiro atoms. The molecule has 0 N–H and O–H groups in total. The number of benzene rings is 2. The van der Waals surface area contributed by atoms with Crippen LogP contribution < -0.4 is 4.74 Å². The van der Waals surface area contributed by atoms with Gasteiger partial charge in [0.2, 0.25) is 0 Å². The fourth-order valence-electron chi connectivity index (χ4n) is 3.03. The minimum atomic E-state index is -0.0652. The number of halogens is 1. The Hall–Kier alpha value is -1.51. The maximum atomic E-state index is 6.72. The summed E-state index contributed by atoms with van der Waals surface area (Å²) in [5.74, 6) is 1.18. The van der Waals surface area contributed by atoms with Gasteiger partial charge in [-0.2, -0.15) is 0 Å². The van der Waals surface area contributed by atoms with Crippen molar-refractivity contribution in [2.45, 2.75) is 24.5 Å². The number of para-hydroxylation sites is 1. The maximum Gasteiger partial charge on any atom is 0.122 e. The topological polar surface area (TPSA) is 18.5 Å². The number of hydrogen-bond acceptors (Lipinski definition) is 2. The molecule has 2 aliphatic rings. The second-order valence-electron chi connectivity index (χ2n) is 5.38. The van der Waals surface area contributed by atoms with Gasteiger partial charge in [-0.1, -0.05) is 36.4 Å². The van der Waals surface area contributed by atoms with Crippen molar-refractivity contribution in [2.75, 3.05) is 6.61 Å². The third-order valence-corrected chi connectivity index (χ3v) is 4.71. The molecule has 0 bridgehead atoms. The van der Waals surface area contributed by atoms with E-state index in [9.17, 15) is 0 Å². The van der Waals surface area contributed by atoms with E-state index in [2.05, 4.69) is 24.3 Å². The second-order valence-corrected chi connectivity index (χ2v) is 5.85. The van der Waals surface area contributed by atoms with E-state index in [0.717, 1.165) is 17.9 Å². The van der Waals surface area contributed by atoms with Crippen LogP contribution in [-0.4, -0.2) is 6.61 Å². The van der Waals surface area contributed by atoms with Crippen LogP contribution in [0.3, 0.4) is 0 Å². The van der Waals surface area contributed by atoms with E-state index in [0.29, 0.717) is 13.2 Å².